The Morgan fingerprint density at radius 2 is 1.93 bits per heavy atom. The van der Waals surface area contributed by atoms with Gasteiger partial charge in [-0.2, -0.15) is 0 Å². The molecule has 76 valence electrons. The van der Waals surface area contributed by atoms with Crippen LogP contribution in [0.3, 0.4) is 0 Å². The topological polar surface area (TPSA) is 83.6 Å². The van der Waals surface area contributed by atoms with Gasteiger partial charge in [0.1, 0.15) is 0 Å². The Bertz CT molecular complexity index is 273. The van der Waals surface area contributed by atoms with Crippen LogP contribution in [0.5, 0.6) is 0 Å². The molecule has 1 aliphatic heterocycles. The molecular weight excluding hydrogens is 184 g/mol. The average Bonchev–Trinajstić information content (AvgIpc) is 2.65. The standard InChI is InChI=1S/C8H12N4O2/c1-5(2)3-6(7(14)4-13)8-9-11-12-10-8/h4-6,8H,3H2,1-2H3. The van der Waals surface area contributed by atoms with Gasteiger partial charge in [0.25, 0.3) is 0 Å². The second-order valence-electron chi connectivity index (χ2n) is 3.58. The van der Waals surface area contributed by atoms with Crippen LogP contribution in [0, 0.1) is 11.8 Å². The van der Waals surface area contributed by atoms with Crippen molar-refractivity contribution in [3.05, 3.63) is 0 Å². The van der Waals surface area contributed by atoms with Crippen LogP contribution in [0.15, 0.2) is 20.7 Å². The Morgan fingerprint density at radius 1 is 1.36 bits per heavy atom. The van der Waals surface area contributed by atoms with Crippen molar-refractivity contribution in [1.82, 2.24) is 0 Å². The molecule has 0 saturated carbocycles. The third kappa shape index (κ3) is 2.51. The van der Waals surface area contributed by atoms with Crippen molar-refractivity contribution in [2.75, 3.05) is 0 Å². The summed E-state index contributed by atoms with van der Waals surface area (Å²) in [5.74, 6) is -0.694. The number of hydrogen-bond donors (Lipinski definition) is 0. The number of hydrogen-bond acceptors (Lipinski definition) is 6. The monoisotopic (exact) mass is 196 g/mol. The van der Waals surface area contributed by atoms with E-state index >= 15 is 0 Å². The Labute approximate surface area is 81.5 Å². The average molecular weight is 196 g/mol. The SMILES string of the molecule is CC(C)CC(C(=O)C=O)C1N=NN=N1. The Kier molecular flexibility index (Phi) is 3.55. The van der Waals surface area contributed by atoms with Crippen LogP contribution in [0.4, 0.5) is 0 Å². The van der Waals surface area contributed by atoms with Gasteiger partial charge in [0, 0.05) is 0 Å². The van der Waals surface area contributed by atoms with Crippen LogP contribution in [0.1, 0.15) is 20.3 Å². The summed E-state index contributed by atoms with van der Waals surface area (Å²) in [6, 6.07) is 0. The first-order valence-corrected chi connectivity index (χ1v) is 4.44. The first-order chi connectivity index (χ1) is 6.65. The fourth-order valence-electron chi connectivity index (χ4n) is 1.32. The highest BCUT2D eigenvalue weighted by molar-refractivity contribution is 6.26. The highest BCUT2D eigenvalue weighted by atomic mass is 16.2. The van der Waals surface area contributed by atoms with Crippen molar-refractivity contribution >= 4 is 12.1 Å². The maximum absolute atomic E-state index is 11.3. The van der Waals surface area contributed by atoms with Gasteiger partial charge in [0.2, 0.25) is 5.78 Å². The third-order valence-electron chi connectivity index (χ3n) is 1.95. The summed E-state index contributed by atoms with van der Waals surface area (Å²) in [6.45, 7) is 3.93. The minimum atomic E-state index is -0.602. The number of aldehydes is 1. The third-order valence-corrected chi connectivity index (χ3v) is 1.95. The van der Waals surface area contributed by atoms with Crippen LogP contribution in [-0.4, -0.2) is 18.2 Å². The van der Waals surface area contributed by atoms with E-state index in [9.17, 15) is 9.59 Å². The van der Waals surface area contributed by atoms with Crippen molar-refractivity contribution in [1.29, 1.82) is 0 Å². The van der Waals surface area contributed by atoms with E-state index in [0.29, 0.717) is 18.6 Å². The summed E-state index contributed by atoms with van der Waals surface area (Å²) in [5, 5.41) is 14.0. The molecule has 1 unspecified atom stereocenters. The summed E-state index contributed by atoms with van der Waals surface area (Å²) in [7, 11) is 0. The Morgan fingerprint density at radius 3 is 2.36 bits per heavy atom. The molecule has 1 atom stereocenters. The molecule has 0 amide bonds. The van der Waals surface area contributed by atoms with Gasteiger partial charge in [-0.1, -0.05) is 13.8 Å². The number of nitrogens with zero attached hydrogens (tertiary/aromatic N) is 4. The fourth-order valence-corrected chi connectivity index (χ4v) is 1.32. The summed E-state index contributed by atoms with van der Waals surface area (Å²) >= 11 is 0. The highest BCUT2D eigenvalue weighted by Crippen LogP contribution is 2.22. The number of rotatable bonds is 5. The van der Waals surface area contributed by atoms with Crippen molar-refractivity contribution < 1.29 is 9.59 Å². The minimum absolute atomic E-state index is 0.301. The first-order valence-electron chi connectivity index (χ1n) is 4.44. The predicted molar refractivity (Wildman–Crippen MR) is 47.5 cm³/mol. The summed E-state index contributed by atoms with van der Waals surface area (Å²) < 4.78 is 0. The molecule has 0 fully saturated rings. The molecule has 0 bridgehead atoms. The lowest BCUT2D eigenvalue weighted by atomic mass is 9.91. The van der Waals surface area contributed by atoms with E-state index in [0.717, 1.165) is 0 Å². The lowest BCUT2D eigenvalue weighted by Gasteiger charge is -2.15. The fraction of sp³-hybridized carbons (Fsp3) is 0.750. The van der Waals surface area contributed by atoms with Gasteiger partial charge in [-0.15, -0.1) is 10.2 Å². The maximum atomic E-state index is 11.3. The number of carbonyl (C=O) groups is 2. The number of carbonyl (C=O) groups excluding carboxylic acids is 2. The Balaban J connectivity index is 2.70. The number of ketones is 1. The predicted octanol–water partition coefficient (Wildman–Crippen LogP) is 1.58. The highest BCUT2D eigenvalue weighted by Gasteiger charge is 2.30. The van der Waals surface area contributed by atoms with E-state index in [1.54, 1.807) is 0 Å². The molecule has 0 N–H and O–H groups in total. The number of Topliss-reactive ketones (excluding diaryl/α,β-unsaturated/α-hetero) is 1. The quantitative estimate of drug-likeness (QED) is 0.493. The van der Waals surface area contributed by atoms with Crippen LogP contribution in [-0.2, 0) is 9.59 Å². The van der Waals surface area contributed by atoms with Gasteiger partial charge < -0.3 is 0 Å². The van der Waals surface area contributed by atoms with Crippen molar-refractivity contribution in [3.63, 3.8) is 0 Å². The Hall–Kier alpha value is -1.46. The zero-order valence-electron chi connectivity index (χ0n) is 8.12. The van der Waals surface area contributed by atoms with Crippen molar-refractivity contribution in [2.45, 2.75) is 26.4 Å². The van der Waals surface area contributed by atoms with Gasteiger partial charge >= 0.3 is 0 Å². The zero-order chi connectivity index (χ0) is 10.6. The van der Waals surface area contributed by atoms with Crippen LogP contribution < -0.4 is 0 Å². The van der Waals surface area contributed by atoms with E-state index in [4.69, 9.17) is 0 Å². The molecule has 1 heterocycles. The molecule has 0 aromatic heterocycles. The van der Waals surface area contributed by atoms with E-state index in [-0.39, 0.29) is 0 Å². The normalized spacial score (nSPS) is 17.6. The molecule has 1 aliphatic rings. The summed E-state index contributed by atoms with van der Waals surface area (Å²) in [6.07, 6.45) is 0.284. The molecule has 0 saturated heterocycles. The molecule has 0 aromatic rings. The van der Waals surface area contributed by atoms with Gasteiger partial charge in [-0.25, -0.2) is 0 Å². The second-order valence-corrected chi connectivity index (χ2v) is 3.58. The van der Waals surface area contributed by atoms with Crippen LogP contribution in [0.2, 0.25) is 0 Å². The van der Waals surface area contributed by atoms with E-state index in [2.05, 4.69) is 20.7 Å². The molecule has 1 rings (SSSR count). The second kappa shape index (κ2) is 4.69. The van der Waals surface area contributed by atoms with E-state index < -0.39 is 17.9 Å². The van der Waals surface area contributed by atoms with Crippen molar-refractivity contribution in [3.8, 4) is 0 Å². The molecule has 14 heavy (non-hydrogen) atoms. The molecule has 0 radical (unpaired) electrons. The summed E-state index contributed by atoms with van der Waals surface area (Å²) in [5.41, 5.74) is 0. The zero-order valence-corrected chi connectivity index (χ0v) is 8.12. The smallest absolute Gasteiger partial charge is 0.202 e. The van der Waals surface area contributed by atoms with Crippen molar-refractivity contribution in [2.24, 2.45) is 32.5 Å². The molecular formula is C8H12N4O2. The first kappa shape index (κ1) is 10.6. The van der Waals surface area contributed by atoms with Crippen LogP contribution in [0.25, 0.3) is 0 Å². The maximum Gasteiger partial charge on any atom is 0.202 e. The molecule has 0 aromatic carbocycles. The van der Waals surface area contributed by atoms with Crippen LogP contribution >= 0.6 is 0 Å². The lowest BCUT2D eigenvalue weighted by Crippen LogP contribution is -2.27. The van der Waals surface area contributed by atoms with Gasteiger partial charge in [-0.3, -0.25) is 9.59 Å². The molecule has 0 aliphatic carbocycles. The lowest BCUT2D eigenvalue weighted by molar-refractivity contribution is -0.133. The van der Waals surface area contributed by atoms with E-state index in [1.807, 2.05) is 13.8 Å². The van der Waals surface area contributed by atoms with E-state index in [1.165, 1.54) is 0 Å². The minimum Gasteiger partial charge on any atom is -0.295 e. The molecule has 6 heteroatoms. The van der Waals surface area contributed by atoms with Gasteiger partial charge in [-0.05, 0) is 22.8 Å². The largest absolute Gasteiger partial charge is 0.295 e. The van der Waals surface area contributed by atoms with Gasteiger partial charge in [0.05, 0.1) is 5.92 Å². The summed E-state index contributed by atoms with van der Waals surface area (Å²) in [4.78, 5) is 21.7. The van der Waals surface area contributed by atoms with Gasteiger partial charge in [0.15, 0.2) is 12.5 Å². The molecule has 6 nitrogen and oxygen atoms in total. The molecule has 0 spiro atoms.